The number of rotatable bonds is 16. The third kappa shape index (κ3) is 38.6. The molecule has 0 aromatic carbocycles. The molecule has 0 spiro atoms. The Hall–Kier alpha value is -2.09. The molecule has 2 aromatic rings. The minimum Gasteiger partial charge on any atom is -0.466 e. The third-order valence-electron chi connectivity index (χ3n) is 6.15. The van der Waals surface area contributed by atoms with Crippen LogP contribution in [0.15, 0.2) is 36.7 Å². The van der Waals surface area contributed by atoms with Crippen molar-refractivity contribution >= 4 is 35.5 Å². The number of nitrogens with one attached hydrogen (secondary N) is 1. The quantitative estimate of drug-likeness (QED) is 0.0950. The summed E-state index contributed by atoms with van der Waals surface area (Å²) in [6.45, 7) is 37.1. The van der Waals surface area contributed by atoms with E-state index in [-0.39, 0.29) is 131 Å². The van der Waals surface area contributed by atoms with E-state index in [1.54, 1.807) is 58.9 Å². The molecule has 2 rings (SSSR count). The molecule has 16 heteroatoms. The molecule has 2 heterocycles. The molecule has 0 aliphatic rings. The Labute approximate surface area is 411 Å². The van der Waals surface area contributed by atoms with Crippen LogP contribution in [0.3, 0.4) is 0 Å². The molecule has 342 valence electrons. The maximum atomic E-state index is 11.4. The Morgan fingerprint density at radius 3 is 1.12 bits per heavy atom. The first-order valence-corrected chi connectivity index (χ1v) is 18.0. The van der Waals surface area contributed by atoms with E-state index in [0.29, 0.717) is 63.7 Å². The van der Waals surface area contributed by atoms with E-state index in [0.717, 1.165) is 24.7 Å². The molecule has 3 N–H and O–H groups in total. The predicted octanol–water partition coefficient (Wildman–Crippen LogP) is 7.72. The van der Waals surface area contributed by atoms with E-state index in [4.69, 9.17) is 19.9 Å². The second kappa shape index (κ2) is 52.0. The largest absolute Gasteiger partial charge is 0.466 e. The number of ether oxygens (including phenoxy) is 4. The fourth-order valence-corrected chi connectivity index (χ4v) is 3.46. The molecule has 0 saturated heterocycles. The van der Waals surface area contributed by atoms with Crippen molar-refractivity contribution in [3.05, 3.63) is 75.5 Å². The van der Waals surface area contributed by atoms with Crippen LogP contribution in [-0.4, -0.2) is 106 Å². The fraction of sp³-hybridized carbons (Fsp3) is 0.581. The smallest absolute Gasteiger partial charge is 0.339 e. The molecule has 0 bridgehead atoms. The number of carbonyl (C=O) groups is 4. The number of likely N-dealkylation sites (N-methyl/N-ethyl adjacent to an activating group) is 1. The van der Waals surface area contributed by atoms with Crippen molar-refractivity contribution in [1.82, 2.24) is 15.3 Å². The van der Waals surface area contributed by atoms with Crippen LogP contribution in [0.5, 0.6) is 0 Å². The topological polar surface area (TPSA) is 176 Å². The fourth-order valence-electron chi connectivity index (χ4n) is 3.46. The van der Waals surface area contributed by atoms with Gasteiger partial charge < -0.3 is 67.5 Å². The van der Waals surface area contributed by atoms with Crippen molar-refractivity contribution in [3.63, 3.8) is 0 Å². The first kappa shape index (κ1) is 77.5. The Morgan fingerprint density at radius 1 is 0.610 bits per heavy atom. The Kier molecular flexibility index (Phi) is 68.4. The Balaban J connectivity index is -0.0000000786. The molecule has 2 radical (unpaired) electrons. The van der Waals surface area contributed by atoms with E-state index in [2.05, 4.69) is 47.7 Å². The standard InChI is InChI=1S/2C12H16N2O2.C7H15NO2.C6H12O2.C2H7N.4CH4.2Y/c2*1-4-14(5-2)11-8-7-10(9-13-11)12(15)16-6-3;1-4-8-6(3)7(9)10-5-2;1-4-8-6(7)5(2)3;1-2-3;;;;;;/h2*7-9H,1-2,4-6H2,3H3;6,8H,4-5H2,1-3H3;5H,4H2,1-3H3;2-3H2,1H3;4*1H4;;/q2*-2;;;;;;;;;. The molecule has 0 fully saturated rings. The molecule has 14 nitrogen and oxygen atoms in total. The molecular weight excluding hydrogens is 906 g/mol. The summed E-state index contributed by atoms with van der Waals surface area (Å²) >= 11 is 0. The third-order valence-corrected chi connectivity index (χ3v) is 6.15. The number of pyridine rings is 2. The van der Waals surface area contributed by atoms with Crippen molar-refractivity contribution in [2.45, 2.75) is 98.1 Å². The molecule has 1 unspecified atom stereocenters. The number of nitrogens with zero attached hydrogens (tertiary/aromatic N) is 4. The summed E-state index contributed by atoms with van der Waals surface area (Å²) in [5, 5.41) is 2.96. The van der Waals surface area contributed by atoms with Gasteiger partial charge in [-0.15, -0.1) is 26.2 Å². The SMILES string of the molecule is C.C.C.C.CCN.CCNC(C)C(=O)OCC.CCOC(=O)C(C)C.[CH2-]CN(C[CH2-])c1ccc(C(=O)OCC)cn1.[CH2-]CN(C[CH2-])c1ccc(C(=O)OCC)cn1.[Y].[Y]. The Bertz CT molecular complexity index is 1150. The van der Waals surface area contributed by atoms with Crippen LogP contribution in [0.25, 0.3) is 0 Å². The molecule has 1 atom stereocenters. The van der Waals surface area contributed by atoms with Gasteiger partial charge in [0.05, 0.1) is 43.5 Å². The number of esters is 4. The van der Waals surface area contributed by atoms with E-state index >= 15 is 0 Å². The summed E-state index contributed by atoms with van der Waals surface area (Å²) in [5.74, 6) is 0.539. The number of aromatic nitrogens is 2. The first-order valence-electron chi connectivity index (χ1n) is 18.0. The van der Waals surface area contributed by atoms with Crippen LogP contribution in [0.2, 0.25) is 0 Å². The molecule has 0 amide bonds. The zero-order valence-electron chi connectivity index (χ0n) is 34.8. The van der Waals surface area contributed by atoms with Gasteiger partial charge in [-0.25, -0.2) is 19.6 Å². The van der Waals surface area contributed by atoms with E-state index < -0.39 is 0 Å². The zero-order chi connectivity index (χ0) is 41.2. The van der Waals surface area contributed by atoms with Gasteiger partial charge in [0.15, 0.2) is 0 Å². The van der Waals surface area contributed by atoms with E-state index in [1.807, 2.05) is 37.5 Å². The van der Waals surface area contributed by atoms with Gasteiger partial charge in [-0.3, -0.25) is 9.59 Å². The van der Waals surface area contributed by atoms with Crippen molar-refractivity contribution in [2.75, 3.05) is 75.5 Å². The average Bonchev–Trinajstić information content (AvgIpc) is 3.15. The number of hydrogen-bond donors (Lipinski definition) is 2. The van der Waals surface area contributed by atoms with Crippen LogP contribution in [0.4, 0.5) is 11.6 Å². The van der Waals surface area contributed by atoms with E-state index in [9.17, 15) is 19.2 Å². The molecule has 0 aliphatic carbocycles. The number of anilines is 2. The number of carbonyl (C=O) groups excluding carboxylic acids is 4. The minimum atomic E-state index is -0.350. The summed E-state index contributed by atoms with van der Waals surface area (Å²) in [6.07, 6.45) is 3.01. The van der Waals surface area contributed by atoms with Crippen molar-refractivity contribution in [1.29, 1.82) is 0 Å². The normalized spacial score (nSPS) is 9.14. The second-order valence-corrected chi connectivity index (χ2v) is 10.6. The average molecular weight is 989 g/mol. The molecule has 2 aromatic heterocycles. The molecular formula is C43H82N6O8Y2-4. The Morgan fingerprint density at radius 2 is 0.915 bits per heavy atom. The van der Waals surface area contributed by atoms with Gasteiger partial charge >= 0.3 is 23.9 Å². The number of hydrogen-bond acceptors (Lipinski definition) is 14. The molecule has 59 heavy (non-hydrogen) atoms. The predicted molar refractivity (Wildman–Crippen MR) is 239 cm³/mol. The summed E-state index contributed by atoms with van der Waals surface area (Å²) in [7, 11) is 0. The monoisotopic (exact) mass is 988 g/mol. The van der Waals surface area contributed by atoms with Crippen LogP contribution < -0.4 is 20.9 Å². The van der Waals surface area contributed by atoms with Gasteiger partial charge in [-0.1, -0.05) is 57.4 Å². The van der Waals surface area contributed by atoms with Crippen LogP contribution in [0.1, 0.15) is 113 Å². The summed E-state index contributed by atoms with van der Waals surface area (Å²) < 4.78 is 19.1. The summed E-state index contributed by atoms with van der Waals surface area (Å²) in [4.78, 5) is 56.2. The summed E-state index contributed by atoms with van der Waals surface area (Å²) in [5.41, 5.74) is 5.76. The van der Waals surface area contributed by atoms with Crippen molar-refractivity contribution in [3.8, 4) is 0 Å². The second-order valence-electron chi connectivity index (χ2n) is 10.6. The van der Waals surface area contributed by atoms with Crippen molar-refractivity contribution in [2.24, 2.45) is 11.7 Å². The van der Waals surface area contributed by atoms with Crippen LogP contribution in [-0.2, 0) is 94.0 Å². The van der Waals surface area contributed by atoms with Gasteiger partial charge in [0, 0.05) is 77.8 Å². The first-order chi connectivity index (χ1) is 25.3. The molecule has 0 aliphatic heterocycles. The minimum absolute atomic E-state index is 0. The van der Waals surface area contributed by atoms with Gasteiger partial charge in [0.2, 0.25) is 0 Å². The van der Waals surface area contributed by atoms with E-state index in [1.165, 1.54) is 12.4 Å². The number of nitrogens with two attached hydrogens (primary N) is 1. The van der Waals surface area contributed by atoms with Gasteiger partial charge in [-0.05, 0) is 72.0 Å². The van der Waals surface area contributed by atoms with Gasteiger partial charge in [-0.2, -0.15) is 0 Å². The van der Waals surface area contributed by atoms with Crippen LogP contribution in [0, 0.1) is 33.6 Å². The van der Waals surface area contributed by atoms with Gasteiger partial charge in [0.1, 0.15) is 17.7 Å². The zero-order valence-corrected chi connectivity index (χ0v) is 40.5. The maximum Gasteiger partial charge on any atom is 0.339 e. The summed E-state index contributed by atoms with van der Waals surface area (Å²) in [6, 6.07) is 6.74. The van der Waals surface area contributed by atoms with Gasteiger partial charge in [0.25, 0.3) is 0 Å². The maximum absolute atomic E-state index is 11.4. The molecule has 0 saturated carbocycles. The van der Waals surface area contributed by atoms with Crippen molar-refractivity contribution < 1.29 is 104 Å². The van der Waals surface area contributed by atoms with Crippen LogP contribution >= 0.6 is 0 Å².